The Morgan fingerprint density at radius 1 is 1.30 bits per heavy atom. The number of hydrogen-bond acceptors (Lipinski definition) is 8. The molecule has 5 N–H and O–H groups in total. The number of nitrogens with zero attached hydrogens (tertiary/aromatic N) is 3. The van der Waals surface area contributed by atoms with E-state index in [1.165, 1.54) is 0 Å². The molecule has 0 amide bonds. The minimum Gasteiger partial charge on any atom is -0.393 e. The van der Waals surface area contributed by atoms with Crippen LogP contribution in [0.4, 0.5) is 11.9 Å². The largest absolute Gasteiger partial charge is 0.393 e. The van der Waals surface area contributed by atoms with Crippen LogP contribution in [0.3, 0.4) is 0 Å². The molecule has 1 aromatic rings. The summed E-state index contributed by atoms with van der Waals surface area (Å²) in [6, 6.07) is 0. The number of aromatic nitrogens is 3. The van der Waals surface area contributed by atoms with Crippen LogP contribution in [-0.2, 0) is 15.9 Å². The lowest BCUT2D eigenvalue weighted by atomic mass is 9.96. The maximum Gasteiger partial charge on any atom is 0.225 e. The first kappa shape index (κ1) is 14.9. The molecule has 0 radical (unpaired) electrons. The van der Waals surface area contributed by atoms with Crippen molar-refractivity contribution < 1.29 is 14.6 Å². The van der Waals surface area contributed by atoms with Crippen molar-refractivity contribution in [3.63, 3.8) is 0 Å². The van der Waals surface area contributed by atoms with Gasteiger partial charge in [-0.15, -0.1) is 0 Å². The number of nitrogens with two attached hydrogens (primary N) is 2. The Kier molecular flexibility index (Phi) is 4.69. The van der Waals surface area contributed by atoms with Gasteiger partial charge in [0.15, 0.2) is 6.29 Å². The van der Waals surface area contributed by atoms with Crippen molar-refractivity contribution >= 4 is 11.9 Å². The van der Waals surface area contributed by atoms with Crippen molar-refractivity contribution in [1.29, 1.82) is 0 Å². The molecule has 2 rings (SSSR count). The maximum atomic E-state index is 9.47. The van der Waals surface area contributed by atoms with E-state index in [0.29, 0.717) is 31.7 Å². The number of aliphatic hydroxyl groups is 1. The van der Waals surface area contributed by atoms with E-state index in [9.17, 15) is 5.11 Å². The van der Waals surface area contributed by atoms with Gasteiger partial charge >= 0.3 is 0 Å². The van der Waals surface area contributed by atoms with E-state index >= 15 is 0 Å². The van der Waals surface area contributed by atoms with E-state index in [4.69, 9.17) is 20.9 Å². The molecule has 0 aliphatic carbocycles. The molecule has 2 unspecified atom stereocenters. The van der Waals surface area contributed by atoms with Gasteiger partial charge < -0.3 is 26.0 Å². The topological polar surface area (TPSA) is 129 Å². The average molecular weight is 283 g/mol. The second kappa shape index (κ2) is 6.29. The van der Waals surface area contributed by atoms with Crippen molar-refractivity contribution in [2.75, 3.05) is 24.7 Å². The summed E-state index contributed by atoms with van der Waals surface area (Å²) < 4.78 is 11.4. The first-order valence-electron chi connectivity index (χ1n) is 6.73. The molecule has 2 heterocycles. The lowest BCUT2D eigenvalue weighted by Crippen LogP contribution is -2.46. The molecule has 2 atom stereocenters. The van der Waals surface area contributed by atoms with Gasteiger partial charge in [-0.3, -0.25) is 0 Å². The molecule has 0 aromatic carbocycles. The predicted molar refractivity (Wildman–Crippen MR) is 72.5 cm³/mol. The SMILES string of the molecule is CCC1(CO)CCOC(CCc2nc(N)nc(N)n2)O1. The van der Waals surface area contributed by atoms with Crippen molar-refractivity contribution in [1.82, 2.24) is 15.0 Å². The molecule has 8 heteroatoms. The first-order valence-corrected chi connectivity index (χ1v) is 6.73. The molecule has 0 bridgehead atoms. The Morgan fingerprint density at radius 3 is 2.60 bits per heavy atom. The molecular formula is C12H21N5O3. The molecular weight excluding hydrogens is 262 g/mol. The third kappa shape index (κ3) is 3.53. The van der Waals surface area contributed by atoms with Gasteiger partial charge in [0.25, 0.3) is 0 Å². The first-order chi connectivity index (χ1) is 9.57. The molecule has 1 saturated heterocycles. The number of aryl methyl sites for hydroxylation is 1. The third-order valence-corrected chi connectivity index (χ3v) is 3.50. The van der Waals surface area contributed by atoms with E-state index in [2.05, 4.69) is 15.0 Å². The second-order valence-electron chi connectivity index (χ2n) is 4.87. The maximum absolute atomic E-state index is 9.47. The number of anilines is 2. The lowest BCUT2D eigenvalue weighted by Gasteiger charge is -2.39. The van der Waals surface area contributed by atoms with Crippen LogP contribution in [0.5, 0.6) is 0 Å². The van der Waals surface area contributed by atoms with E-state index in [0.717, 1.165) is 6.42 Å². The smallest absolute Gasteiger partial charge is 0.225 e. The molecule has 20 heavy (non-hydrogen) atoms. The van der Waals surface area contributed by atoms with Crippen LogP contribution in [0.15, 0.2) is 0 Å². The van der Waals surface area contributed by atoms with Gasteiger partial charge in [0.1, 0.15) is 5.82 Å². The normalized spacial score (nSPS) is 26.6. The van der Waals surface area contributed by atoms with Crippen LogP contribution in [0.1, 0.15) is 32.0 Å². The summed E-state index contributed by atoms with van der Waals surface area (Å²) in [5.41, 5.74) is 10.5. The van der Waals surface area contributed by atoms with Gasteiger partial charge in [-0.05, 0) is 6.42 Å². The second-order valence-corrected chi connectivity index (χ2v) is 4.87. The van der Waals surface area contributed by atoms with Gasteiger partial charge in [-0.1, -0.05) is 6.92 Å². The monoisotopic (exact) mass is 283 g/mol. The summed E-state index contributed by atoms with van der Waals surface area (Å²) >= 11 is 0. The minimum absolute atomic E-state index is 0.00495. The molecule has 1 fully saturated rings. The number of rotatable bonds is 5. The van der Waals surface area contributed by atoms with Crippen LogP contribution in [0.25, 0.3) is 0 Å². The Bertz CT molecular complexity index is 432. The summed E-state index contributed by atoms with van der Waals surface area (Å²) in [5, 5.41) is 9.47. The highest BCUT2D eigenvalue weighted by Crippen LogP contribution is 2.28. The van der Waals surface area contributed by atoms with Gasteiger partial charge in [-0.25, -0.2) is 0 Å². The highest BCUT2D eigenvalue weighted by atomic mass is 16.7. The Balaban J connectivity index is 1.93. The van der Waals surface area contributed by atoms with E-state index in [1.54, 1.807) is 0 Å². The molecule has 8 nitrogen and oxygen atoms in total. The fourth-order valence-corrected chi connectivity index (χ4v) is 2.19. The summed E-state index contributed by atoms with van der Waals surface area (Å²) in [6.45, 7) is 2.56. The van der Waals surface area contributed by atoms with Gasteiger partial charge in [-0.2, -0.15) is 15.0 Å². The Labute approximate surface area is 117 Å². The molecule has 0 spiro atoms. The molecule has 1 aliphatic rings. The Morgan fingerprint density at radius 2 is 2.00 bits per heavy atom. The van der Waals surface area contributed by atoms with Crippen LogP contribution < -0.4 is 11.5 Å². The fourth-order valence-electron chi connectivity index (χ4n) is 2.19. The van der Waals surface area contributed by atoms with Gasteiger partial charge in [0, 0.05) is 19.3 Å². The lowest BCUT2D eigenvalue weighted by molar-refractivity contribution is -0.268. The van der Waals surface area contributed by atoms with Crippen molar-refractivity contribution in [3.8, 4) is 0 Å². The Hall–Kier alpha value is -1.51. The van der Waals surface area contributed by atoms with E-state index in [1.807, 2.05) is 6.92 Å². The van der Waals surface area contributed by atoms with Crippen molar-refractivity contribution in [2.24, 2.45) is 0 Å². The molecule has 0 saturated carbocycles. The van der Waals surface area contributed by atoms with Crippen LogP contribution in [0, 0.1) is 0 Å². The quantitative estimate of drug-likeness (QED) is 0.681. The number of nitrogen functional groups attached to an aromatic ring is 2. The fraction of sp³-hybridized carbons (Fsp3) is 0.750. The van der Waals surface area contributed by atoms with E-state index in [-0.39, 0.29) is 24.8 Å². The van der Waals surface area contributed by atoms with Crippen LogP contribution in [0.2, 0.25) is 0 Å². The van der Waals surface area contributed by atoms with Crippen molar-refractivity contribution in [3.05, 3.63) is 5.82 Å². The highest BCUT2D eigenvalue weighted by Gasteiger charge is 2.35. The van der Waals surface area contributed by atoms with Crippen LogP contribution in [-0.4, -0.2) is 45.2 Å². The number of ether oxygens (including phenoxy) is 2. The summed E-state index contributed by atoms with van der Waals surface area (Å²) in [6.07, 6.45) is 2.16. The molecule has 1 aliphatic heterocycles. The predicted octanol–water partition coefficient (Wildman–Crippen LogP) is -0.127. The summed E-state index contributed by atoms with van der Waals surface area (Å²) in [7, 11) is 0. The minimum atomic E-state index is -0.500. The van der Waals surface area contributed by atoms with E-state index < -0.39 is 5.60 Å². The summed E-state index contributed by atoms with van der Waals surface area (Å²) in [5.74, 6) is 0.728. The van der Waals surface area contributed by atoms with Crippen LogP contribution >= 0.6 is 0 Å². The van der Waals surface area contributed by atoms with Gasteiger partial charge in [0.05, 0.1) is 18.8 Å². The number of hydrogen-bond donors (Lipinski definition) is 3. The van der Waals surface area contributed by atoms with Crippen molar-refractivity contribution in [2.45, 2.75) is 44.5 Å². The zero-order valence-corrected chi connectivity index (χ0v) is 11.6. The average Bonchev–Trinajstić information content (AvgIpc) is 2.44. The third-order valence-electron chi connectivity index (χ3n) is 3.50. The highest BCUT2D eigenvalue weighted by molar-refractivity contribution is 5.25. The zero-order valence-electron chi connectivity index (χ0n) is 11.6. The standard InChI is InChI=1S/C12H21N5O3/c1-2-12(7-18)5-6-19-9(20-12)4-3-8-15-10(13)17-11(14)16-8/h9,18H,2-7H2,1H3,(H4,13,14,15,16,17). The number of aliphatic hydroxyl groups excluding tert-OH is 1. The molecule has 112 valence electrons. The van der Waals surface area contributed by atoms with Gasteiger partial charge in [0.2, 0.25) is 11.9 Å². The summed E-state index contributed by atoms with van der Waals surface area (Å²) in [4.78, 5) is 11.7. The molecule has 1 aromatic heterocycles. The zero-order chi connectivity index (χ0) is 14.6.